The van der Waals surface area contributed by atoms with Gasteiger partial charge in [0, 0.05) is 38.2 Å². The number of fused-ring (bicyclic) bond motifs is 1. The van der Waals surface area contributed by atoms with E-state index in [1.807, 2.05) is 45.3 Å². The molecule has 0 radical (unpaired) electrons. The molecule has 0 aliphatic carbocycles. The normalized spacial score (nSPS) is 19.4. The Morgan fingerprint density at radius 2 is 2.17 bits per heavy atom. The monoisotopic (exact) mass is 396 g/mol. The van der Waals surface area contributed by atoms with Gasteiger partial charge in [0.25, 0.3) is 0 Å². The zero-order chi connectivity index (χ0) is 20.4. The number of benzene rings is 1. The van der Waals surface area contributed by atoms with Gasteiger partial charge in [-0.1, -0.05) is 12.1 Å². The topological polar surface area (TPSA) is 90.6 Å². The van der Waals surface area contributed by atoms with Gasteiger partial charge in [0.15, 0.2) is 11.5 Å². The Hall–Kier alpha value is -2.71. The van der Waals surface area contributed by atoms with Crippen molar-refractivity contribution in [2.75, 3.05) is 43.9 Å². The molecule has 0 amide bonds. The predicted molar refractivity (Wildman–Crippen MR) is 113 cm³/mol. The average molecular weight is 396 g/mol. The number of nitrogens with zero attached hydrogens (tertiary/aromatic N) is 5. The summed E-state index contributed by atoms with van der Waals surface area (Å²) in [5.74, 6) is 2.31. The fraction of sp³-hybridized carbons (Fsp3) is 0.476. The largest absolute Gasteiger partial charge is 0.441 e. The van der Waals surface area contributed by atoms with E-state index in [0.717, 1.165) is 41.3 Å². The molecule has 2 N–H and O–H groups in total. The third kappa shape index (κ3) is 4.49. The molecule has 1 aromatic carbocycles. The van der Waals surface area contributed by atoms with Crippen molar-refractivity contribution in [2.24, 2.45) is 0 Å². The Kier molecular flexibility index (Phi) is 5.64. The molecule has 4 rings (SSSR count). The average Bonchev–Trinajstić information content (AvgIpc) is 3.25. The smallest absolute Gasteiger partial charge is 0.197 e. The van der Waals surface area contributed by atoms with E-state index in [1.165, 1.54) is 0 Å². The van der Waals surface area contributed by atoms with Crippen LogP contribution in [0.25, 0.3) is 11.1 Å². The minimum atomic E-state index is -0.325. The fourth-order valence-corrected chi connectivity index (χ4v) is 3.90. The molecule has 2 atom stereocenters. The van der Waals surface area contributed by atoms with Crippen LogP contribution in [0.1, 0.15) is 17.9 Å². The zero-order valence-corrected chi connectivity index (χ0v) is 17.2. The van der Waals surface area contributed by atoms with E-state index in [9.17, 15) is 5.11 Å². The van der Waals surface area contributed by atoms with Crippen LogP contribution in [0.15, 0.2) is 35.0 Å². The first-order valence-corrected chi connectivity index (χ1v) is 10.00. The lowest BCUT2D eigenvalue weighted by atomic mass is 10.2. The van der Waals surface area contributed by atoms with E-state index in [-0.39, 0.29) is 12.1 Å². The van der Waals surface area contributed by atoms with Crippen molar-refractivity contribution in [3.63, 3.8) is 0 Å². The van der Waals surface area contributed by atoms with E-state index in [0.29, 0.717) is 25.4 Å². The van der Waals surface area contributed by atoms with E-state index in [2.05, 4.69) is 30.1 Å². The molecule has 2 aromatic heterocycles. The number of hydrogen-bond acceptors (Lipinski definition) is 8. The minimum Gasteiger partial charge on any atom is -0.441 e. The summed E-state index contributed by atoms with van der Waals surface area (Å²) >= 11 is 0. The number of rotatable bonds is 7. The summed E-state index contributed by atoms with van der Waals surface area (Å²) < 4.78 is 5.83. The highest BCUT2D eigenvalue weighted by atomic mass is 16.3. The molecule has 0 unspecified atom stereocenters. The molecular weight excluding hydrogens is 368 g/mol. The summed E-state index contributed by atoms with van der Waals surface area (Å²) in [5.41, 5.74) is 2.86. The third-order valence-corrected chi connectivity index (χ3v) is 5.23. The second kappa shape index (κ2) is 8.34. The number of aliphatic hydroxyl groups excluding tert-OH is 1. The Bertz CT molecular complexity index is 973. The van der Waals surface area contributed by atoms with Crippen LogP contribution in [0, 0.1) is 6.92 Å². The first kappa shape index (κ1) is 19.6. The van der Waals surface area contributed by atoms with Crippen molar-refractivity contribution in [3.05, 3.63) is 42.0 Å². The molecule has 0 spiro atoms. The van der Waals surface area contributed by atoms with E-state index in [4.69, 9.17) is 4.42 Å². The SMILES string of the molecule is Cc1cccc2oc(CCNc3cc(N4C[C@H](O)C[C@@H]4CN(C)C)ncn3)nc12. The molecule has 154 valence electrons. The van der Waals surface area contributed by atoms with Crippen LogP contribution >= 0.6 is 0 Å². The summed E-state index contributed by atoms with van der Waals surface area (Å²) in [6.45, 7) is 4.17. The number of hydrogen-bond donors (Lipinski definition) is 2. The van der Waals surface area contributed by atoms with Gasteiger partial charge in [-0.15, -0.1) is 0 Å². The summed E-state index contributed by atoms with van der Waals surface area (Å²) in [6.07, 6.45) is 2.66. The number of aliphatic hydroxyl groups is 1. The first-order valence-electron chi connectivity index (χ1n) is 10.00. The van der Waals surface area contributed by atoms with Crippen LogP contribution in [-0.4, -0.2) is 70.8 Å². The minimum absolute atomic E-state index is 0.241. The summed E-state index contributed by atoms with van der Waals surface area (Å²) in [4.78, 5) is 17.7. The molecule has 1 saturated heterocycles. The highest BCUT2D eigenvalue weighted by Gasteiger charge is 2.32. The number of likely N-dealkylation sites (N-methyl/N-ethyl adjacent to an activating group) is 1. The lowest BCUT2D eigenvalue weighted by molar-refractivity contribution is 0.191. The molecule has 1 fully saturated rings. The molecular formula is C21H28N6O2. The molecule has 3 heterocycles. The number of β-amino-alcohol motifs (C(OH)–C–C–N with tert-alkyl or cyclic N) is 1. The van der Waals surface area contributed by atoms with Gasteiger partial charge in [-0.05, 0) is 39.1 Å². The molecule has 3 aromatic rings. The molecule has 29 heavy (non-hydrogen) atoms. The number of aryl methyl sites for hydroxylation is 1. The van der Waals surface area contributed by atoms with Gasteiger partial charge < -0.3 is 24.6 Å². The highest BCUT2D eigenvalue weighted by molar-refractivity contribution is 5.76. The van der Waals surface area contributed by atoms with Gasteiger partial charge in [-0.3, -0.25) is 0 Å². The molecule has 8 nitrogen and oxygen atoms in total. The first-order chi connectivity index (χ1) is 14.0. The van der Waals surface area contributed by atoms with E-state index < -0.39 is 0 Å². The van der Waals surface area contributed by atoms with Gasteiger partial charge in [0.05, 0.1) is 6.10 Å². The second-order valence-corrected chi connectivity index (χ2v) is 7.93. The van der Waals surface area contributed by atoms with Gasteiger partial charge in [0.1, 0.15) is 23.5 Å². The Morgan fingerprint density at radius 3 is 2.97 bits per heavy atom. The quantitative estimate of drug-likeness (QED) is 0.627. The Morgan fingerprint density at radius 1 is 1.31 bits per heavy atom. The third-order valence-electron chi connectivity index (χ3n) is 5.23. The van der Waals surface area contributed by atoms with Crippen molar-refractivity contribution in [2.45, 2.75) is 31.9 Å². The fourth-order valence-electron chi connectivity index (χ4n) is 3.90. The van der Waals surface area contributed by atoms with Gasteiger partial charge in [-0.25, -0.2) is 15.0 Å². The molecule has 0 saturated carbocycles. The predicted octanol–water partition coefficient (Wildman–Crippen LogP) is 2.08. The lowest BCUT2D eigenvalue weighted by Gasteiger charge is -2.27. The summed E-state index contributed by atoms with van der Waals surface area (Å²) in [6, 6.07) is 8.14. The van der Waals surface area contributed by atoms with Crippen molar-refractivity contribution >= 4 is 22.7 Å². The van der Waals surface area contributed by atoms with Crippen molar-refractivity contribution < 1.29 is 9.52 Å². The van der Waals surface area contributed by atoms with Gasteiger partial charge >= 0.3 is 0 Å². The maximum absolute atomic E-state index is 10.1. The summed E-state index contributed by atoms with van der Waals surface area (Å²) in [5, 5.41) is 13.5. The highest BCUT2D eigenvalue weighted by Crippen LogP contribution is 2.26. The van der Waals surface area contributed by atoms with Gasteiger partial charge in [-0.2, -0.15) is 0 Å². The standard InChI is InChI=1S/C21H28N6O2/c1-14-5-4-6-17-21(14)25-20(29-17)7-8-22-18-10-19(24-13-23-18)27-12-16(28)9-15(27)11-26(2)3/h4-6,10,13,15-16,28H,7-9,11-12H2,1-3H3,(H,22,23,24)/t15-,16-/m1/s1. The van der Waals surface area contributed by atoms with Crippen LogP contribution in [0.4, 0.5) is 11.6 Å². The van der Waals surface area contributed by atoms with Crippen LogP contribution < -0.4 is 10.2 Å². The Balaban J connectivity index is 1.40. The van der Waals surface area contributed by atoms with Crippen LogP contribution in [0.3, 0.4) is 0 Å². The number of anilines is 2. The maximum Gasteiger partial charge on any atom is 0.197 e. The van der Waals surface area contributed by atoms with Crippen molar-refractivity contribution in [3.8, 4) is 0 Å². The van der Waals surface area contributed by atoms with Gasteiger partial charge in [0.2, 0.25) is 0 Å². The number of oxazole rings is 1. The lowest BCUT2D eigenvalue weighted by Crippen LogP contribution is -2.38. The van der Waals surface area contributed by atoms with E-state index in [1.54, 1.807) is 6.33 Å². The van der Waals surface area contributed by atoms with Crippen molar-refractivity contribution in [1.82, 2.24) is 19.9 Å². The zero-order valence-electron chi connectivity index (χ0n) is 17.2. The molecule has 1 aliphatic heterocycles. The summed E-state index contributed by atoms with van der Waals surface area (Å²) in [7, 11) is 4.09. The van der Waals surface area contributed by atoms with E-state index >= 15 is 0 Å². The Labute approximate surface area is 170 Å². The van der Waals surface area contributed by atoms with Crippen LogP contribution in [0.5, 0.6) is 0 Å². The number of nitrogens with one attached hydrogen (secondary N) is 1. The van der Waals surface area contributed by atoms with Crippen LogP contribution in [0.2, 0.25) is 0 Å². The maximum atomic E-state index is 10.1. The molecule has 1 aliphatic rings. The van der Waals surface area contributed by atoms with Crippen LogP contribution in [-0.2, 0) is 6.42 Å². The van der Waals surface area contributed by atoms with Crippen molar-refractivity contribution in [1.29, 1.82) is 0 Å². The number of para-hydroxylation sites is 1. The molecule has 0 bridgehead atoms. The molecule has 8 heteroatoms. The number of aromatic nitrogens is 3. The second-order valence-electron chi connectivity index (χ2n) is 7.93.